The molecule has 1 N–H and O–H groups in total. The molecule has 0 saturated carbocycles. The van der Waals surface area contributed by atoms with Crippen molar-refractivity contribution in [2.45, 2.75) is 0 Å². The molecule has 0 amide bonds. The lowest BCUT2D eigenvalue weighted by Gasteiger charge is -2.03. The minimum Gasteiger partial charge on any atom is -0.449 e. The lowest BCUT2D eigenvalue weighted by Crippen LogP contribution is -2.02. The minimum atomic E-state index is -1.38. The molecule has 1 aromatic carbocycles. The van der Waals surface area contributed by atoms with Gasteiger partial charge in [-0.25, -0.2) is 9.78 Å². The van der Waals surface area contributed by atoms with E-state index in [1.165, 1.54) is 12.5 Å². The van der Waals surface area contributed by atoms with E-state index in [4.69, 9.17) is 5.11 Å². The number of aromatic nitrogens is 3. The first-order valence-corrected chi connectivity index (χ1v) is 5.52. The summed E-state index contributed by atoms with van der Waals surface area (Å²) in [5.41, 5.74) is 1.75. The Morgan fingerprint density at radius 3 is 3.00 bits per heavy atom. The van der Waals surface area contributed by atoms with E-state index in [9.17, 15) is 4.79 Å². The predicted octanol–water partition coefficient (Wildman–Crippen LogP) is 2.48. The van der Waals surface area contributed by atoms with Gasteiger partial charge in [-0.3, -0.25) is 4.98 Å². The summed E-state index contributed by atoms with van der Waals surface area (Å²) in [5.74, 6) is 0.0405. The monoisotopic (exact) mass is 255 g/mol. The quantitative estimate of drug-likeness (QED) is 0.712. The molecule has 0 aliphatic heterocycles. The van der Waals surface area contributed by atoms with Crippen LogP contribution in [0, 0.1) is 0 Å². The highest BCUT2D eigenvalue weighted by molar-refractivity contribution is 5.80. The third-order valence-electron chi connectivity index (χ3n) is 2.64. The number of carbonyl (C=O) groups is 1. The maximum Gasteiger partial charge on any atom is 0.512 e. The van der Waals surface area contributed by atoms with Crippen molar-refractivity contribution in [1.29, 1.82) is 0 Å². The molecular weight excluding hydrogens is 246 g/mol. The fraction of sp³-hybridized carbons (Fsp3) is 0. The Morgan fingerprint density at radius 1 is 1.26 bits per heavy atom. The maximum absolute atomic E-state index is 10.4. The van der Waals surface area contributed by atoms with Crippen LogP contribution in [-0.2, 0) is 0 Å². The topological polar surface area (TPSA) is 77.2 Å². The van der Waals surface area contributed by atoms with Crippen molar-refractivity contribution in [3.8, 4) is 11.6 Å². The van der Waals surface area contributed by atoms with Crippen molar-refractivity contribution in [3.63, 3.8) is 0 Å². The van der Waals surface area contributed by atoms with Crippen molar-refractivity contribution in [3.05, 3.63) is 49.1 Å². The standard InChI is InChI=1S/C13H9N3O3/c17-13(18)19-12-7-16(8-15-12)10-3-4-11-9(6-10)2-1-5-14-11/h1-8H,(H,17,18). The van der Waals surface area contributed by atoms with Crippen LogP contribution in [0.1, 0.15) is 0 Å². The number of ether oxygens (including phenoxy) is 1. The van der Waals surface area contributed by atoms with Crippen LogP contribution in [0.15, 0.2) is 49.1 Å². The van der Waals surface area contributed by atoms with E-state index in [2.05, 4.69) is 14.7 Å². The largest absolute Gasteiger partial charge is 0.512 e. The van der Waals surface area contributed by atoms with E-state index < -0.39 is 6.16 Å². The highest BCUT2D eigenvalue weighted by Crippen LogP contribution is 2.18. The van der Waals surface area contributed by atoms with Gasteiger partial charge in [0.25, 0.3) is 0 Å². The molecule has 19 heavy (non-hydrogen) atoms. The third-order valence-corrected chi connectivity index (χ3v) is 2.64. The zero-order valence-electron chi connectivity index (χ0n) is 9.72. The Bertz CT molecular complexity index is 751. The third kappa shape index (κ3) is 2.23. The molecule has 0 spiro atoms. The zero-order chi connectivity index (χ0) is 13.2. The Hall–Kier alpha value is -2.89. The first-order valence-electron chi connectivity index (χ1n) is 5.52. The first kappa shape index (κ1) is 11.2. The Balaban J connectivity index is 1.99. The van der Waals surface area contributed by atoms with Gasteiger partial charge >= 0.3 is 6.16 Å². The molecule has 0 radical (unpaired) electrons. The van der Waals surface area contributed by atoms with Gasteiger partial charge in [0.15, 0.2) is 0 Å². The SMILES string of the molecule is O=C(O)Oc1cn(-c2ccc3ncccc3c2)cn1. The summed E-state index contributed by atoms with van der Waals surface area (Å²) in [6, 6.07) is 9.52. The molecule has 0 saturated heterocycles. The van der Waals surface area contributed by atoms with E-state index >= 15 is 0 Å². The molecule has 2 aromatic heterocycles. The summed E-state index contributed by atoms with van der Waals surface area (Å²) < 4.78 is 6.16. The highest BCUT2D eigenvalue weighted by atomic mass is 16.7. The van der Waals surface area contributed by atoms with Gasteiger partial charge in [-0.2, -0.15) is 0 Å². The number of pyridine rings is 1. The van der Waals surface area contributed by atoms with Gasteiger partial charge in [0, 0.05) is 17.3 Å². The van der Waals surface area contributed by atoms with Gasteiger partial charge in [0.05, 0.1) is 11.7 Å². The summed E-state index contributed by atoms with van der Waals surface area (Å²) in [5, 5.41) is 9.50. The number of nitrogens with zero attached hydrogens (tertiary/aromatic N) is 3. The van der Waals surface area contributed by atoms with Gasteiger partial charge in [0.1, 0.15) is 6.33 Å². The molecular formula is C13H9N3O3. The second-order valence-electron chi connectivity index (χ2n) is 3.87. The number of benzene rings is 1. The lowest BCUT2D eigenvalue weighted by molar-refractivity contribution is 0.142. The number of carboxylic acid groups (broad SMARTS) is 1. The average Bonchev–Trinajstić information content (AvgIpc) is 2.86. The van der Waals surface area contributed by atoms with Crippen LogP contribution in [0.5, 0.6) is 5.88 Å². The molecule has 3 rings (SSSR count). The number of rotatable bonds is 2. The lowest BCUT2D eigenvalue weighted by atomic mass is 10.2. The number of fused-ring (bicyclic) bond motifs is 1. The minimum absolute atomic E-state index is 0.0405. The maximum atomic E-state index is 10.4. The molecule has 0 aliphatic carbocycles. The summed E-state index contributed by atoms with van der Waals surface area (Å²) >= 11 is 0. The zero-order valence-corrected chi connectivity index (χ0v) is 9.72. The molecule has 6 heteroatoms. The van der Waals surface area contributed by atoms with E-state index in [1.807, 2.05) is 30.3 Å². The fourth-order valence-corrected chi connectivity index (χ4v) is 1.81. The van der Waals surface area contributed by atoms with Crippen LogP contribution in [0.2, 0.25) is 0 Å². The van der Waals surface area contributed by atoms with Gasteiger partial charge < -0.3 is 14.4 Å². The molecule has 0 fully saturated rings. The van der Waals surface area contributed by atoms with Crippen molar-refractivity contribution in [2.24, 2.45) is 0 Å². The van der Waals surface area contributed by atoms with Crippen molar-refractivity contribution >= 4 is 17.1 Å². The molecule has 94 valence electrons. The fourth-order valence-electron chi connectivity index (χ4n) is 1.81. The Labute approximate surface area is 107 Å². The van der Waals surface area contributed by atoms with Crippen LogP contribution in [0.3, 0.4) is 0 Å². The first-order chi connectivity index (χ1) is 9.22. The summed E-state index contributed by atoms with van der Waals surface area (Å²) in [7, 11) is 0. The van der Waals surface area contributed by atoms with E-state index in [-0.39, 0.29) is 5.88 Å². The number of hydrogen-bond acceptors (Lipinski definition) is 4. The van der Waals surface area contributed by atoms with Crippen LogP contribution in [0.4, 0.5) is 4.79 Å². The number of hydrogen-bond donors (Lipinski definition) is 1. The van der Waals surface area contributed by atoms with Gasteiger partial charge in [-0.1, -0.05) is 6.07 Å². The molecule has 0 bridgehead atoms. The Kier molecular flexibility index (Phi) is 2.60. The molecule has 3 aromatic rings. The summed E-state index contributed by atoms with van der Waals surface area (Å²) in [6.07, 6.45) is 3.35. The van der Waals surface area contributed by atoms with E-state index in [1.54, 1.807) is 10.8 Å². The van der Waals surface area contributed by atoms with Gasteiger partial charge in [-0.05, 0) is 24.3 Å². The second-order valence-corrected chi connectivity index (χ2v) is 3.87. The van der Waals surface area contributed by atoms with Crippen LogP contribution in [-0.4, -0.2) is 25.8 Å². The molecule has 0 unspecified atom stereocenters. The van der Waals surface area contributed by atoms with Crippen molar-refractivity contribution in [1.82, 2.24) is 14.5 Å². The van der Waals surface area contributed by atoms with E-state index in [0.717, 1.165) is 16.6 Å². The van der Waals surface area contributed by atoms with Crippen LogP contribution < -0.4 is 4.74 Å². The molecule has 0 atom stereocenters. The van der Waals surface area contributed by atoms with Crippen LogP contribution in [0.25, 0.3) is 16.6 Å². The van der Waals surface area contributed by atoms with Gasteiger partial charge in [0.2, 0.25) is 5.88 Å². The number of imidazole rings is 1. The van der Waals surface area contributed by atoms with Crippen molar-refractivity contribution in [2.75, 3.05) is 0 Å². The summed E-state index contributed by atoms with van der Waals surface area (Å²) in [6.45, 7) is 0. The molecule has 6 nitrogen and oxygen atoms in total. The highest BCUT2D eigenvalue weighted by Gasteiger charge is 2.06. The second kappa shape index (κ2) is 4.41. The van der Waals surface area contributed by atoms with Crippen LogP contribution >= 0.6 is 0 Å². The predicted molar refractivity (Wildman–Crippen MR) is 67.5 cm³/mol. The molecule has 2 heterocycles. The smallest absolute Gasteiger partial charge is 0.449 e. The summed E-state index contributed by atoms with van der Waals surface area (Å²) in [4.78, 5) is 18.5. The average molecular weight is 255 g/mol. The van der Waals surface area contributed by atoms with E-state index in [0.29, 0.717) is 0 Å². The normalized spacial score (nSPS) is 10.5. The molecule has 0 aliphatic rings. The van der Waals surface area contributed by atoms with Gasteiger partial charge in [-0.15, -0.1) is 0 Å². The van der Waals surface area contributed by atoms with Crippen molar-refractivity contribution < 1.29 is 14.6 Å². The Morgan fingerprint density at radius 2 is 2.16 bits per heavy atom.